The summed E-state index contributed by atoms with van der Waals surface area (Å²) in [7, 11) is 0. The number of fused-ring (bicyclic) bond motifs is 12. The highest BCUT2D eigenvalue weighted by Crippen LogP contribution is 2.46. The number of benzene rings is 19. The first-order valence-electron chi connectivity index (χ1n) is 40.7. The zero-order valence-electron chi connectivity index (χ0n) is 65.3. The number of rotatable bonds is 15. The van der Waals surface area contributed by atoms with Crippen molar-refractivity contribution < 1.29 is 4.42 Å². The second kappa shape index (κ2) is 31.0. The monoisotopic (exact) mass is 1580 g/mol. The van der Waals surface area contributed by atoms with Gasteiger partial charge in [-0.05, 0) is 258 Å². The summed E-state index contributed by atoms with van der Waals surface area (Å²) in [6.07, 6.45) is 0. The lowest BCUT2D eigenvalue weighted by atomic mass is 9.97. The average molecular weight is 1580 g/mol. The molecule has 0 unspecified atom stereocenters. The fourth-order valence-electron chi connectivity index (χ4n) is 17.2. The highest BCUT2D eigenvalue weighted by molar-refractivity contribution is 7.26. The molecule has 3 nitrogen and oxygen atoms in total. The third-order valence-corrected chi connectivity index (χ3v) is 26.9. The molecule has 0 bridgehead atoms. The van der Waals surface area contributed by atoms with Crippen LogP contribution in [0.5, 0.6) is 0 Å². The Morgan fingerprint density at radius 3 is 0.683 bits per heavy atom. The van der Waals surface area contributed by atoms with Crippen molar-refractivity contribution in [3.8, 4) is 100 Å². The van der Waals surface area contributed by atoms with Crippen molar-refractivity contribution in [3.63, 3.8) is 0 Å². The number of para-hydroxylation sites is 1. The van der Waals surface area contributed by atoms with Gasteiger partial charge in [-0.2, -0.15) is 0 Å². The Morgan fingerprint density at radius 2 is 0.342 bits per heavy atom. The molecule has 0 aliphatic carbocycles. The van der Waals surface area contributed by atoms with Crippen molar-refractivity contribution in [2.45, 2.75) is 0 Å². The van der Waals surface area contributed by atoms with Crippen LogP contribution in [0.1, 0.15) is 0 Å². The SMILES string of the molecule is c1ccc(-c2ccc(-c3ccc(N(c4ccc(-c5ccc6sc7ccccc7c6c5)cc4)c4ccc(-c5ccc6sc7ccccc7c6c5)cc4)cc3)cc2)cc1.c1ccc(-c2ccc(N(c3ccc(-c4cccc(-c5ccc6oc7ccccc7c6c5)c4)cc3)c3ccc(-c4cccc(-c5ccc6sc7ccccc7c6c5)c4)cc3)cc2)cc1. The van der Waals surface area contributed by atoms with Crippen molar-refractivity contribution in [2.75, 3.05) is 9.80 Å². The molecule has 23 rings (SSSR count). The van der Waals surface area contributed by atoms with E-state index in [1.165, 1.54) is 155 Å². The molecule has 0 saturated heterocycles. The lowest BCUT2D eigenvalue weighted by molar-refractivity contribution is 0.669. The molecule has 0 aliphatic rings. The van der Waals surface area contributed by atoms with Crippen LogP contribution in [0, 0.1) is 0 Å². The molecule has 4 heterocycles. The van der Waals surface area contributed by atoms with Crippen molar-refractivity contribution in [1.29, 1.82) is 0 Å². The highest BCUT2D eigenvalue weighted by Gasteiger charge is 2.20. The molecular weight excluding hydrogens is 1510 g/mol. The van der Waals surface area contributed by atoms with E-state index in [0.29, 0.717) is 0 Å². The van der Waals surface area contributed by atoms with Crippen LogP contribution in [-0.4, -0.2) is 0 Å². The first kappa shape index (κ1) is 71.8. The summed E-state index contributed by atoms with van der Waals surface area (Å²) in [4.78, 5) is 4.71. The Bertz CT molecular complexity index is 7360. The van der Waals surface area contributed by atoms with Crippen LogP contribution in [0.4, 0.5) is 34.1 Å². The largest absolute Gasteiger partial charge is 0.456 e. The van der Waals surface area contributed by atoms with Gasteiger partial charge in [0, 0.05) is 105 Å². The standard InChI is InChI=1S/C60H39NOS.C54H35NS2/c1-2-10-40(11-3-1)41-20-28-50(29-21-41)61(51-30-22-42(23-31-51)44-12-8-14-46(36-44)48-26-34-58-55(38-48)53-16-4-6-18-57(53)62-58)52-32-24-43(25-33-52)45-13-9-15-47(37-45)49-27-35-60-56(39-49)54-17-5-7-19-59(54)63-60;1-2-8-36(9-3-1)37-14-16-38(17-15-37)39-18-26-44(27-19-39)55(45-28-20-40(21-29-45)42-24-32-53-49(34-42)47-10-4-6-12-51(47)56-53)46-30-22-41(23-31-46)43-25-33-54-50(35-43)48-11-5-7-13-52(48)57-54/h1-39H;1-35H. The number of thiophene rings is 3. The van der Waals surface area contributed by atoms with Gasteiger partial charge in [0.1, 0.15) is 11.2 Å². The van der Waals surface area contributed by atoms with Crippen LogP contribution in [0.25, 0.3) is 183 Å². The van der Waals surface area contributed by atoms with Crippen LogP contribution >= 0.6 is 34.0 Å². The van der Waals surface area contributed by atoms with E-state index in [1.54, 1.807) is 0 Å². The van der Waals surface area contributed by atoms with Gasteiger partial charge < -0.3 is 14.2 Å². The molecule has 0 spiro atoms. The zero-order chi connectivity index (χ0) is 79.4. The van der Waals surface area contributed by atoms with E-state index in [-0.39, 0.29) is 0 Å². The fourth-order valence-corrected chi connectivity index (χ4v) is 20.5. The van der Waals surface area contributed by atoms with E-state index in [9.17, 15) is 0 Å². The molecule has 19 aromatic carbocycles. The third-order valence-electron chi connectivity index (χ3n) is 23.4. The molecule has 120 heavy (non-hydrogen) atoms. The molecule has 0 aliphatic heterocycles. The van der Waals surface area contributed by atoms with Gasteiger partial charge in [0.15, 0.2) is 0 Å². The molecule has 4 aromatic heterocycles. The highest BCUT2D eigenvalue weighted by atomic mass is 32.1. The molecule has 0 saturated carbocycles. The Morgan fingerprint density at radius 1 is 0.133 bits per heavy atom. The number of hydrogen-bond donors (Lipinski definition) is 0. The molecule has 0 N–H and O–H groups in total. The van der Waals surface area contributed by atoms with Crippen molar-refractivity contribution in [1.82, 2.24) is 0 Å². The smallest absolute Gasteiger partial charge is 0.135 e. The summed E-state index contributed by atoms with van der Waals surface area (Å²) in [6.45, 7) is 0. The van der Waals surface area contributed by atoms with E-state index in [4.69, 9.17) is 4.42 Å². The summed E-state index contributed by atoms with van der Waals surface area (Å²) in [5, 5.41) is 10.2. The molecule has 23 aromatic rings. The van der Waals surface area contributed by atoms with Gasteiger partial charge in [0.25, 0.3) is 0 Å². The Balaban J connectivity index is 0.000000145. The topological polar surface area (TPSA) is 19.6 Å². The maximum absolute atomic E-state index is 6.12. The van der Waals surface area contributed by atoms with Crippen LogP contribution in [0.3, 0.4) is 0 Å². The lowest BCUT2D eigenvalue weighted by Gasteiger charge is -2.26. The van der Waals surface area contributed by atoms with Crippen LogP contribution in [0.15, 0.2) is 453 Å². The second-order valence-electron chi connectivity index (χ2n) is 30.7. The van der Waals surface area contributed by atoms with Gasteiger partial charge in [0.05, 0.1) is 0 Å². The Kier molecular flexibility index (Phi) is 18.6. The summed E-state index contributed by atoms with van der Waals surface area (Å²) < 4.78 is 14.1. The molecule has 0 amide bonds. The summed E-state index contributed by atoms with van der Waals surface area (Å²) in [6, 6.07) is 163. The van der Waals surface area contributed by atoms with Gasteiger partial charge in [-0.15, -0.1) is 34.0 Å². The van der Waals surface area contributed by atoms with Crippen LogP contribution in [-0.2, 0) is 0 Å². The number of furan rings is 1. The summed E-state index contributed by atoms with van der Waals surface area (Å²) >= 11 is 5.58. The summed E-state index contributed by atoms with van der Waals surface area (Å²) in [5.41, 5.74) is 30.0. The minimum Gasteiger partial charge on any atom is -0.456 e. The third kappa shape index (κ3) is 13.8. The normalized spacial score (nSPS) is 11.5. The quantitative estimate of drug-likeness (QED) is 0.102. The maximum Gasteiger partial charge on any atom is 0.135 e. The number of anilines is 6. The van der Waals surface area contributed by atoms with Gasteiger partial charge in [-0.1, -0.05) is 291 Å². The van der Waals surface area contributed by atoms with E-state index >= 15 is 0 Å². The second-order valence-corrected chi connectivity index (χ2v) is 33.9. The molecule has 564 valence electrons. The van der Waals surface area contributed by atoms with Crippen molar-refractivity contribution >= 4 is 151 Å². The van der Waals surface area contributed by atoms with Crippen LogP contribution in [0.2, 0.25) is 0 Å². The first-order valence-corrected chi connectivity index (χ1v) is 43.1. The fraction of sp³-hybridized carbons (Fsp3) is 0. The molecule has 0 fully saturated rings. The maximum atomic E-state index is 6.12. The molecule has 0 atom stereocenters. The van der Waals surface area contributed by atoms with E-state index in [1.807, 2.05) is 46.1 Å². The molecular formula is C114H74N2OS3. The van der Waals surface area contributed by atoms with Crippen molar-refractivity contribution in [3.05, 3.63) is 449 Å². The predicted molar refractivity (Wildman–Crippen MR) is 517 cm³/mol. The van der Waals surface area contributed by atoms with E-state index < -0.39 is 0 Å². The first-order chi connectivity index (χ1) is 59.4. The average Bonchev–Trinajstić information content (AvgIpc) is 1.21. The Labute approximate surface area is 708 Å². The molecule has 6 heteroatoms. The van der Waals surface area contributed by atoms with Gasteiger partial charge >= 0.3 is 0 Å². The van der Waals surface area contributed by atoms with Gasteiger partial charge in [0.2, 0.25) is 0 Å². The molecule has 0 radical (unpaired) electrons. The van der Waals surface area contributed by atoms with E-state index in [0.717, 1.165) is 61.6 Å². The number of nitrogens with zero attached hydrogens (tertiary/aromatic N) is 2. The minimum atomic E-state index is 0.909. The van der Waals surface area contributed by atoms with Gasteiger partial charge in [-0.25, -0.2) is 0 Å². The Hall–Kier alpha value is -14.8. The summed E-state index contributed by atoms with van der Waals surface area (Å²) in [5.74, 6) is 0. The zero-order valence-corrected chi connectivity index (χ0v) is 67.7. The van der Waals surface area contributed by atoms with Crippen LogP contribution < -0.4 is 9.80 Å². The lowest BCUT2D eigenvalue weighted by Crippen LogP contribution is -2.09. The van der Waals surface area contributed by atoms with Crippen molar-refractivity contribution in [2.24, 2.45) is 0 Å². The number of hydrogen-bond acceptors (Lipinski definition) is 6. The van der Waals surface area contributed by atoms with E-state index in [2.05, 4.69) is 447 Å². The van der Waals surface area contributed by atoms with Gasteiger partial charge in [-0.3, -0.25) is 0 Å². The predicted octanol–water partition coefficient (Wildman–Crippen LogP) is 34.3. The minimum absolute atomic E-state index is 0.909.